The molecule has 4 nitrogen and oxygen atoms in total. The highest BCUT2D eigenvalue weighted by Crippen LogP contribution is 2.52. The van der Waals surface area contributed by atoms with Crippen LogP contribution in [-0.4, -0.2) is 27.7 Å². The van der Waals surface area contributed by atoms with E-state index < -0.39 is 10.9 Å². The Bertz CT molecular complexity index is 836. The monoisotopic (exact) mass is 458 g/mol. The first-order chi connectivity index (χ1) is 15.2. The fourth-order valence-corrected chi connectivity index (χ4v) is 7.56. The quantitative estimate of drug-likeness (QED) is 0.441. The number of esters is 1. The molecule has 2 aliphatic carbocycles. The molecule has 1 atom stereocenters. The zero-order valence-electron chi connectivity index (χ0n) is 20.0. The van der Waals surface area contributed by atoms with E-state index in [0.717, 1.165) is 47.3 Å². The molecule has 1 aromatic rings. The molecule has 32 heavy (non-hydrogen) atoms. The molecule has 5 heteroatoms. The highest BCUT2D eigenvalue weighted by molar-refractivity contribution is 8.01. The van der Waals surface area contributed by atoms with Gasteiger partial charge >= 0.3 is 5.97 Å². The summed E-state index contributed by atoms with van der Waals surface area (Å²) in [6.45, 7) is 8.31. The van der Waals surface area contributed by atoms with Gasteiger partial charge in [-0.1, -0.05) is 52.5 Å². The molecule has 2 saturated carbocycles. The lowest BCUT2D eigenvalue weighted by atomic mass is 9.70. The van der Waals surface area contributed by atoms with Gasteiger partial charge in [0.25, 0.3) is 0 Å². The summed E-state index contributed by atoms with van der Waals surface area (Å²) in [6.07, 6.45) is 9.38. The van der Waals surface area contributed by atoms with E-state index in [9.17, 15) is 14.7 Å². The van der Waals surface area contributed by atoms with E-state index in [1.807, 2.05) is 19.1 Å². The lowest BCUT2D eigenvalue weighted by molar-refractivity contribution is -0.185. The first-order valence-electron chi connectivity index (χ1n) is 12.3. The molecular weight excluding hydrogens is 420 g/mol. The largest absolute Gasteiger partial charge is 0.457 e. The average Bonchev–Trinajstić information content (AvgIpc) is 3.44. The van der Waals surface area contributed by atoms with Crippen molar-refractivity contribution in [3.63, 3.8) is 0 Å². The summed E-state index contributed by atoms with van der Waals surface area (Å²) < 4.78 is 6.38. The molecule has 0 spiro atoms. The van der Waals surface area contributed by atoms with Gasteiger partial charge in [-0.25, -0.2) is 0 Å². The summed E-state index contributed by atoms with van der Waals surface area (Å²) in [4.78, 5) is 27.9. The first-order valence-corrected chi connectivity index (χ1v) is 13.2. The van der Waals surface area contributed by atoms with Gasteiger partial charge in [0.1, 0.15) is 5.60 Å². The maximum atomic E-state index is 13.5. The maximum absolute atomic E-state index is 13.5. The number of hydrogen-bond donors (Lipinski definition) is 1. The molecule has 0 amide bonds. The third kappa shape index (κ3) is 4.40. The normalized spacial score (nSPS) is 24.8. The number of ketones is 1. The minimum Gasteiger partial charge on any atom is -0.457 e. The summed E-state index contributed by atoms with van der Waals surface area (Å²) in [5, 5.41) is 8.94. The summed E-state index contributed by atoms with van der Waals surface area (Å²) >= 11 is 1.35. The minimum atomic E-state index is -0.800. The third-order valence-electron chi connectivity index (χ3n) is 8.00. The van der Waals surface area contributed by atoms with E-state index in [2.05, 4.69) is 20.8 Å². The van der Waals surface area contributed by atoms with Gasteiger partial charge in [0.15, 0.2) is 11.0 Å². The molecule has 4 rings (SSSR count). The molecule has 1 unspecified atom stereocenters. The van der Waals surface area contributed by atoms with Gasteiger partial charge in [-0.15, -0.1) is 11.8 Å². The molecule has 1 heterocycles. The van der Waals surface area contributed by atoms with Crippen LogP contribution in [-0.2, 0) is 26.3 Å². The number of thioether (sulfide) groups is 1. The summed E-state index contributed by atoms with van der Waals surface area (Å²) in [5.74, 6) is 0.365. The lowest BCUT2D eigenvalue weighted by Gasteiger charge is -2.46. The van der Waals surface area contributed by atoms with E-state index in [4.69, 9.17) is 4.74 Å². The number of cyclic esters (lactones) is 1. The predicted molar refractivity (Wildman–Crippen MR) is 128 cm³/mol. The Kier molecular flexibility index (Phi) is 6.80. The Morgan fingerprint density at radius 2 is 1.59 bits per heavy atom. The van der Waals surface area contributed by atoms with Gasteiger partial charge in [0, 0.05) is 11.3 Å². The molecule has 1 N–H and O–H groups in total. The van der Waals surface area contributed by atoms with Gasteiger partial charge in [0.05, 0.1) is 6.61 Å². The van der Waals surface area contributed by atoms with Crippen molar-refractivity contribution >= 4 is 23.5 Å². The van der Waals surface area contributed by atoms with E-state index in [1.54, 1.807) is 0 Å². The van der Waals surface area contributed by atoms with Crippen LogP contribution in [0.4, 0.5) is 0 Å². The van der Waals surface area contributed by atoms with Gasteiger partial charge < -0.3 is 9.84 Å². The van der Waals surface area contributed by atoms with Crippen molar-refractivity contribution in [3.05, 3.63) is 28.8 Å². The molecule has 1 aromatic carbocycles. The van der Waals surface area contributed by atoms with Gasteiger partial charge in [-0.3, -0.25) is 9.59 Å². The van der Waals surface area contributed by atoms with Crippen molar-refractivity contribution in [1.29, 1.82) is 0 Å². The number of carbonyl (C=O) groups excluding carboxylic acids is 2. The Morgan fingerprint density at radius 1 is 1.03 bits per heavy atom. The Morgan fingerprint density at radius 3 is 2.06 bits per heavy atom. The number of aliphatic hydroxyl groups excluding tert-OH is 1. The molecule has 0 aromatic heterocycles. The molecule has 0 radical (unpaired) electrons. The van der Waals surface area contributed by atoms with Crippen LogP contribution in [0.3, 0.4) is 0 Å². The standard InChI is InChI=1S/C27H38O4S/c1-17-13-23(21(26(2,3)4)14-18(17)16-28)32-24-22(29)15-27(31-25(24)30,19-9-5-6-10-19)20-11-7-8-12-20/h13-14,19-20,24,28H,5-12,15-16H2,1-4H3. The fourth-order valence-electron chi connectivity index (χ4n) is 6.21. The van der Waals surface area contributed by atoms with Crippen molar-refractivity contribution in [2.24, 2.45) is 11.8 Å². The molecule has 3 aliphatic rings. The summed E-state index contributed by atoms with van der Waals surface area (Å²) in [7, 11) is 0. The number of aliphatic hydroxyl groups is 1. The molecular formula is C27H38O4S. The van der Waals surface area contributed by atoms with Crippen molar-refractivity contribution in [1.82, 2.24) is 0 Å². The highest BCUT2D eigenvalue weighted by atomic mass is 32.2. The van der Waals surface area contributed by atoms with Crippen molar-refractivity contribution in [2.45, 2.75) is 113 Å². The second-order valence-electron chi connectivity index (χ2n) is 11.2. The number of ether oxygens (including phenoxy) is 1. The smallest absolute Gasteiger partial charge is 0.327 e. The van der Waals surface area contributed by atoms with Crippen LogP contribution >= 0.6 is 11.8 Å². The average molecular weight is 459 g/mol. The van der Waals surface area contributed by atoms with Crippen LogP contribution in [0.25, 0.3) is 0 Å². The Labute approximate surface area is 196 Å². The van der Waals surface area contributed by atoms with Crippen LogP contribution in [0.2, 0.25) is 0 Å². The maximum Gasteiger partial charge on any atom is 0.327 e. The van der Waals surface area contributed by atoms with Gasteiger partial charge in [-0.2, -0.15) is 0 Å². The predicted octanol–water partition coefficient (Wildman–Crippen LogP) is 5.88. The van der Waals surface area contributed by atoms with Crippen LogP contribution in [0, 0.1) is 18.8 Å². The van der Waals surface area contributed by atoms with Gasteiger partial charge in [0.2, 0.25) is 0 Å². The number of hydrogen-bond acceptors (Lipinski definition) is 5. The topological polar surface area (TPSA) is 63.6 Å². The van der Waals surface area contributed by atoms with Crippen molar-refractivity contribution in [3.8, 4) is 0 Å². The van der Waals surface area contributed by atoms with Crippen molar-refractivity contribution < 1.29 is 19.4 Å². The van der Waals surface area contributed by atoms with Crippen molar-refractivity contribution in [2.75, 3.05) is 0 Å². The fraction of sp³-hybridized carbons (Fsp3) is 0.704. The number of carbonyl (C=O) groups is 2. The number of Topliss-reactive ketones (excluding diaryl/α,β-unsaturated/α-hetero) is 1. The summed E-state index contributed by atoms with van der Waals surface area (Å²) in [6, 6.07) is 4.05. The second-order valence-corrected chi connectivity index (χ2v) is 12.3. The minimum absolute atomic E-state index is 0.0183. The number of benzene rings is 1. The second kappa shape index (κ2) is 9.13. The SMILES string of the molecule is Cc1cc(SC2C(=O)CC(C3CCCC3)(C3CCCC3)OC2=O)c(C(C)(C)C)cc1CO. The number of aryl methyl sites for hydroxylation is 1. The molecule has 3 fully saturated rings. The zero-order valence-corrected chi connectivity index (χ0v) is 20.9. The van der Waals surface area contributed by atoms with Gasteiger partial charge in [-0.05, 0) is 72.6 Å². The van der Waals surface area contributed by atoms with Crippen LogP contribution in [0.1, 0.15) is 95.2 Å². The van der Waals surface area contributed by atoms with E-state index in [0.29, 0.717) is 18.3 Å². The number of rotatable bonds is 5. The lowest BCUT2D eigenvalue weighted by Crippen LogP contribution is -2.56. The van der Waals surface area contributed by atoms with Crippen LogP contribution in [0.5, 0.6) is 0 Å². The Hall–Kier alpha value is -1.33. The summed E-state index contributed by atoms with van der Waals surface area (Å²) in [5.41, 5.74) is 2.19. The van der Waals surface area contributed by atoms with E-state index in [-0.39, 0.29) is 23.8 Å². The third-order valence-corrected chi connectivity index (χ3v) is 9.28. The zero-order chi connectivity index (χ0) is 23.1. The van der Waals surface area contributed by atoms with E-state index >= 15 is 0 Å². The Balaban J connectivity index is 1.63. The van der Waals surface area contributed by atoms with Crippen LogP contribution < -0.4 is 0 Å². The molecule has 1 saturated heterocycles. The highest BCUT2D eigenvalue weighted by Gasteiger charge is 2.56. The molecule has 1 aliphatic heterocycles. The molecule has 0 bridgehead atoms. The van der Waals surface area contributed by atoms with Crippen LogP contribution in [0.15, 0.2) is 17.0 Å². The first kappa shape index (κ1) is 23.8. The van der Waals surface area contributed by atoms with E-state index in [1.165, 1.54) is 37.4 Å². The molecule has 176 valence electrons.